The first-order valence-corrected chi connectivity index (χ1v) is 13.7. The lowest BCUT2D eigenvalue weighted by molar-refractivity contribution is -0.137. The predicted octanol–water partition coefficient (Wildman–Crippen LogP) is 3.42. The van der Waals surface area contributed by atoms with Crippen molar-refractivity contribution in [3.8, 4) is 0 Å². The van der Waals surface area contributed by atoms with Crippen molar-refractivity contribution in [1.29, 1.82) is 0 Å². The van der Waals surface area contributed by atoms with Gasteiger partial charge in [-0.3, -0.25) is 9.59 Å². The van der Waals surface area contributed by atoms with Gasteiger partial charge >= 0.3 is 0 Å². The summed E-state index contributed by atoms with van der Waals surface area (Å²) in [7, 11) is -3.50. The van der Waals surface area contributed by atoms with Crippen molar-refractivity contribution in [2.24, 2.45) is 0 Å². The lowest BCUT2D eigenvalue weighted by Gasteiger charge is -2.34. The number of piperazine rings is 1. The fourth-order valence-electron chi connectivity index (χ4n) is 4.16. The average Bonchev–Trinajstić information content (AvgIpc) is 2.88. The zero-order valence-electron chi connectivity index (χ0n) is 20.6. The molecule has 0 spiro atoms. The summed E-state index contributed by atoms with van der Waals surface area (Å²) in [4.78, 5) is 28.9. The summed E-state index contributed by atoms with van der Waals surface area (Å²) in [5.41, 5.74) is 1.99. The molecule has 1 aliphatic rings. The molecule has 2 aromatic rings. The van der Waals surface area contributed by atoms with Crippen LogP contribution in [0.2, 0.25) is 0 Å². The molecule has 0 saturated carbocycles. The molecule has 1 fully saturated rings. The molecule has 0 N–H and O–H groups in total. The zero-order chi connectivity index (χ0) is 25.3. The number of benzene rings is 2. The first-order chi connectivity index (χ1) is 16.8. The number of amides is 2. The van der Waals surface area contributed by atoms with Gasteiger partial charge in [-0.2, -0.15) is 4.31 Å². The Kier molecular flexibility index (Phi) is 9.63. The number of aryl methyl sites for hydroxylation is 1. The van der Waals surface area contributed by atoms with Gasteiger partial charge in [0, 0.05) is 51.8 Å². The fraction of sp³-hybridized carbons (Fsp3) is 0.407. The van der Waals surface area contributed by atoms with Gasteiger partial charge in [0.2, 0.25) is 21.8 Å². The minimum absolute atomic E-state index is 0.110. The second kappa shape index (κ2) is 12.7. The molecular formula is C27H35N3O4S. The van der Waals surface area contributed by atoms with E-state index in [1.807, 2.05) is 36.9 Å². The Morgan fingerprint density at radius 2 is 1.49 bits per heavy atom. The van der Waals surface area contributed by atoms with Gasteiger partial charge in [-0.1, -0.05) is 56.3 Å². The van der Waals surface area contributed by atoms with E-state index in [4.69, 9.17) is 0 Å². The summed E-state index contributed by atoms with van der Waals surface area (Å²) >= 11 is 0. The van der Waals surface area contributed by atoms with Gasteiger partial charge in [-0.05, 0) is 42.2 Å². The Morgan fingerprint density at radius 1 is 0.886 bits per heavy atom. The van der Waals surface area contributed by atoms with Crippen LogP contribution in [0.4, 0.5) is 0 Å². The van der Waals surface area contributed by atoms with Crippen molar-refractivity contribution in [1.82, 2.24) is 14.1 Å². The number of nitrogens with zero attached hydrogens (tertiary/aromatic N) is 3. The van der Waals surface area contributed by atoms with Crippen molar-refractivity contribution in [3.63, 3.8) is 0 Å². The van der Waals surface area contributed by atoms with Gasteiger partial charge in [-0.15, -0.1) is 0 Å². The highest BCUT2D eigenvalue weighted by Gasteiger charge is 2.23. The predicted molar refractivity (Wildman–Crippen MR) is 138 cm³/mol. The van der Waals surface area contributed by atoms with E-state index in [2.05, 4.69) is 12.1 Å². The maximum absolute atomic E-state index is 12.6. The van der Waals surface area contributed by atoms with Crippen LogP contribution in [0.15, 0.2) is 65.6 Å². The van der Waals surface area contributed by atoms with Crippen LogP contribution in [0.3, 0.4) is 0 Å². The molecule has 1 saturated heterocycles. The summed E-state index contributed by atoms with van der Waals surface area (Å²) in [6.45, 7) is 6.56. The summed E-state index contributed by atoms with van der Waals surface area (Å²) in [5, 5.41) is 0. The van der Waals surface area contributed by atoms with Crippen LogP contribution in [-0.2, 0) is 26.0 Å². The molecule has 0 radical (unpaired) electrons. The van der Waals surface area contributed by atoms with E-state index in [9.17, 15) is 18.0 Å². The largest absolute Gasteiger partial charge is 0.339 e. The quantitative estimate of drug-likeness (QED) is 0.471. The maximum Gasteiger partial charge on any atom is 0.246 e. The van der Waals surface area contributed by atoms with Crippen LogP contribution >= 0.6 is 0 Å². The van der Waals surface area contributed by atoms with E-state index in [0.717, 1.165) is 18.4 Å². The molecule has 188 valence electrons. The van der Waals surface area contributed by atoms with E-state index >= 15 is 0 Å². The molecule has 2 amide bonds. The molecule has 0 aromatic heterocycles. The summed E-state index contributed by atoms with van der Waals surface area (Å²) in [5.74, 6) is 0.0318. The van der Waals surface area contributed by atoms with Gasteiger partial charge in [0.1, 0.15) is 0 Å². The van der Waals surface area contributed by atoms with Crippen molar-refractivity contribution >= 4 is 27.9 Å². The van der Waals surface area contributed by atoms with E-state index in [-0.39, 0.29) is 16.7 Å². The normalized spacial score (nSPS) is 14.6. The molecule has 8 heteroatoms. The van der Waals surface area contributed by atoms with E-state index in [1.54, 1.807) is 35.2 Å². The van der Waals surface area contributed by atoms with Crippen LogP contribution in [0.1, 0.15) is 37.8 Å². The van der Waals surface area contributed by atoms with Gasteiger partial charge in [0.15, 0.2) is 0 Å². The lowest BCUT2D eigenvalue weighted by Crippen LogP contribution is -2.50. The molecule has 0 unspecified atom stereocenters. The van der Waals surface area contributed by atoms with Crippen LogP contribution in [0, 0.1) is 0 Å². The zero-order valence-corrected chi connectivity index (χ0v) is 21.4. The van der Waals surface area contributed by atoms with Crippen LogP contribution in [-0.4, -0.2) is 73.6 Å². The second-order valence-corrected chi connectivity index (χ2v) is 10.5. The molecule has 1 aliphatic heterocycles. The van der Waals surface area contributed by atoms with Gasteiger partial charge < -0.3 is 9.80 Å². The Labute approximate surface area is 209 Å². The molecule has 0 bridgehead atoms. The van der Waals surface area contributed by atoms with Crippen molar-refractivity contribution in [3.05, 3.63) is 71.8 Å². The van der Waals surface area contributed by atoms with Crippen molar-refractivity contribution in [2.45, 2.75) is 38.0 Å². The molecule has 0 atom stereocenters. The third kappa shape index (κ3) is 7.26. The Bertz CT molecular complexity index is 1100. The minimum Gasteiger partial charge on any atom is -0.339 e. The summed E-state index contributed by atoms with van der Waals surface area (Å²) in [6.07, 6.45) is 5.42. The number of carbonyl (C=O) groups is 2. The summed E-state index contributed by atoms with van der Waals surface area (Å²) in [6, 6.07) is 16.7. The molecule has 2 aromatic carbocycles. The van der Waals surface area contributed by atoms with Crippen LogP contribution in [0.5, 0.6) is 0 Å². The molecule has 7 nitrogen and oxygen atoms in total. The SMILES string of the molecule is CCN(CC)S(=O)(=O)c1ccc(/C=C/C(=O)N2CCN(C(=O)CCCc3ccccc3)CC2)cc1. The highest BCUT2D eigenvalue weighted by molar-refractivity contribution is 7.89. The number of carbonyl (C=O) groups excluding carboxylic acids is 2. The number of hydrogen-bond acceptors (Lipinski definition) is 4. The number of rotatable bonds is 10. The average molecular weight is 498 g/mol. The summed E-state index contributed by atoms with van der Waals surface area (Å²) < 4.78 is 26.6. The third-order valence-corrected chi connectivity index (χ3v) is 8.35. The van der Waals surface area contributed by atoms with Gasteiger partial charge in [0.05, 0.1) is 4.90 Å². The van der Waals surface area contributed by atoms with Crippen molar-refractivity contribution < 1.29 is 18.0 Å². The van der Waals surface area contributed by atoms with Crippen LogP contribution < -0.4 is 0 Å². The molecule has 1 heterocycles. The first kappa shape index (κ1) is 26.6. The monoisotopic (exact) mass is 497 g/mol. The highest BCUT2D eigenvalue weighted by atomic mass is 32.2. The second-order valence-electron chi connectivity index (χ2n) is 8.54. The lowest BCUT2D eigenvalue weighted by atomic mass is 10.1. The molecule has 3 rings (SSSR count). The van der Waals surface area contributed by atoms with Crippen molar-refractivity contribution in [2.75, 3.05) is 39.3 Å². The topological polar surface area (TPSA) is 78.0 Å². The van der Waals surface area contributed by atoms with E-state index in [1.165, 1.54) is 15.9 Å². The Hall–Kier alpha value is -2.97. The maximum atomic E-state index is 12.6. The molecule has 0 aliphatic carbocycles. The molecule has 35 heavy (non-hydrogen) atoms. The number of sulfonamides is 1. The van der Waals surface area contributed by atoms with Gasteiger partial charge in [0.25, 0.3) is 0 Å². The Morgan fingerprint density at radius 3 is 2.09 bits per heavy atom. The third-order valence-electron chi connectivity index (χ3n) is 6.28. The number of hydrogen-bond donors (Lipinski definition) is 0. The van der Waals surface area contributed by atoms with E-state index < -0.39 is 10.0 Å². The van der Waals surface area contributed by atoms with Gasteiger partial charge in [-0.25, -0.2) is 8.42 Å². The smallest absolute Gasteiger partial charge is 0.246 e. The standard InChI is InChI=1S/C27H35N3O4S/c1-3-30(4-2)35(33,34)25-16-13-24(14-17-25)15-18-27(32)29-21-19-28(20-22-29)26(31)12-8-11-23-9-6-5-7-10-23/h5-7,9-10,13-18H,3-4,8,11-12,19-22H2,1-2H3/b18-15+. The minimum atomic E-state index is -3.50. The van der Waals surface area contributed by atoms with E-state index in [0.29, 0.717) is 45.7 Å². The highest BCUT2D eigenvalue weighted by Crippen LogP contribution is 2.17. The fourth-order valence-corrected chi connectivity index (χ4v) is 5.62. The Balaban J connectivity index is 1.45. The van der Waals surface area contributed by atoms with Crippen LogP contribution in [0.25, 0.3) is 6.08 Å². The first-order valence-electron chi connectivity index (χ1n) is 12.2. The molecular weight excluding hydrogens is 462 g/mol.